The summed E-state index contributed by atoms with van der Waals surface area (Å²) in [6.45, 7) is 5.92. The van der Waals surface area contributed by atoms with Crippen molar-refractivity contribution in [2.45, 2.75) is 13.5 Å². The second kappa shape index (κ2) is 6.49. The Hall–Kier alpha value is -2.21. The van der Waals surface area contributed by atoms with Gasteiger partial charge in [0.05, 0.1) is 19.4 Å². The van der Waals surface area contributed by atoms with Crippen molar-refractivity contribution < 1.29 is 4.74 Å². The summed E-state index contributed by atoms with van der Waals surface area (Å²) in [6, 6.07) is 8.39. The third-order valence-corrected chi connectivity index (χ3v) is 3.45. The molecule has 3 rings (SSSR count). The van der Waals surface area contributed by atoms with Crippen LogP contribution in [0.15, 0.2) is 30.5 Å². The lowest BCUT2D eigenvalue weighted by atomic mass is 10.1. The molecule has 0 spiro atoms. The van der Waals surface area contributed by atoms with Crippen LogP contribution in [0.3, 0.4) is 0 Å². The number of morpholine rings is 1. The van der Waals surface area contributed by atoms with Gasteiger partial charge < -0.3 is 15.0 Å². The zero-order valence-corrected chi connectivity index (χ0v) is 12.1. The Bertz CT molecular complexity index is 581. The van der Waals surface area contributed by atoms with Crippen LogP contribution in [0.2, 0.25) is 0 Å². The van der Waals surface area contributed by atoms with E-state index in [9.17, 15) is 0 Å². The van der Waals surface area contributed by atoms with Gasteiger partial charge in [-0.3, -0.25) is 0 Å². The summed E-state index contributed by atoms with van der Waals surface area (Å²) in [4.78, 5) is 6.68. The fourth-order valence-electron chi connectivity index (χ4n) is 2.20. The normalized spacial score (nSPS) is 15.0. The summed E-state index contributed by atoms with van der Waals surface area (Å²) in [5.41, 5.74) is 2.45. The molecule has 6 heteroatoms. The van der Waals surface area contributed by atoms with E-state index in [4.69, 9.17) is 4.74 Å². The Balaban J connectivity index is 1.64. The maximum Gasteiger partial charge on any atom is 0.244 e. The predicted octanol–water partition coefficient (Wildman–Crippen LogP) is 1.63. The highest BCUT2D eigenvalue weighted by Gasteiger charge is 2.13. The lowest BCUT2D eigenvalue weighted by Crippen LogP contribution is -2.37. The topological polar surface area (TPSA) is 63.2 Å². The first-order valence-corrected chi connectivity index (χ1v) is 7.13. The fraction of sp³-hybridized carbons (Fsp3) is 0.400. The molecule has 1 aliphatic rings. The van der Waals surface area contributed by atoms with E-state index in [1.165, 1.54) is 11.1 Å². The molecule has 1 aliphatic heterocycles. The molecule has 0 radical (unpaired) electrons. The average Bonchev–Trinajstić information content (AvgIpc) is 2.55. The summed E-state index contributed by atoms with van der Waals surface area (Å²) in [7, 11) is 0. The number of hydrogen-bond donors (Lipinski definition) is 1. The number of nitrogens with one attached hydrogen (secondary N) is 1. The zero-order chi connectivity index (χ0) is 14.5. The SMILES string of the molecule is Cc1ccc(CNc2nncc(N3CCOCC3)n2)cc1. The highest BCUT2D eigenvalue weighted by Crippen LogP contribution is 2.13. The molecular formula is C15H19N5O. The van der Waals surface area contributed by atoms with Crippen molar-refractivity contribution in [1.82, 2.24) is 15.2 Å². The number of aromatic nitrogens is 3. The molecule has 2 aromatic rings. The molecule has 0 amide bonds. The lowest BCUT2D eigenvalue weighted by Gasteiger charge is -2.27. The van der Waals surface area contributed by atoms with Crippen LogP contribution in [-0.4, -0.2) is 41.5 Å². The van der Waals surface area contributed by atoms with Crippen LogP contribution in [0.25, 0.3) is 0 Å². The molecule has 0 atom stereocenters. The van der Waals surface area contributed by atoms with E-state index in [-0.39, 0.29) is 0 Å². The van der Waals surface area contributed by atoms with Gasteiger partial charge in [0.2, 0.25) is 5.95 Å². The molecule has 1 N–H and O–H groups in total. The smallest absolute Gasteiger partial charge is 0.244 e. The third kappa shape index (κ3) is 3.66. The van der Waals surface area contributed by atoms with Gasteiger partial charge in [0.1, 0.15) is 0 Å². The van der Waals surface area contributed by atoms with Gasteiger partial charge in [-0.15, -0.1) is 5.10 Å². The Kier molecular flexibility index (Phi) is 4.25. The third-order valence-electron chi connectivity index (χ3n) is 3.45. The maximum atomic E-state index is 5.35. The molecule has 21 heavy (non-hydrogen) atoms. The first-order chi connectivity index (χ1) is 10.3. The monoisotopic (exact) mass is 285 g/mol. The van der Waals surface area contributed by atoms with Crippen LogP contribution >= 0.6 is 0 Å². The van der Waals surface area contributed by atoms with E-state index in [0.29, 0.717) is 12.5 Å². The average molecular weight is 285 g/mol. The number of benzene rings is 1. The lowest BCUT2D eigenvalue weighted by molar-refractivity contribution is 0.122. The van der Waals surface area contributed by atoms with Gasteiger partial charge >= 0.3 is 0 Å². The molecule has 2 heterocycles. The number of ether oxygens (including phenoxy) is 1. The first-order valence-electron chi connectivity index (χ1n) is 7.13. The maximum absolute atomic E-state index is 5.35. The highest BCUT2D eigenvalue weighted by atomic mass is 16.5. The van der Waals surface area contributed by atoms with Gasteiger partial charge in [-0.1, -0.05) is 29.8 Å². The Morgan fingerprint density at radius 1 is 1.19 bits per heavy atom. The summed E-state index contributed by atoms with van der Waals surface area (Å²) < 4.78 is 5.35. The number of aryl methyl sites for hydroxylation is 1. The highest BCUT2D eigenvalue weighted by molar-refractivity contribution is 5.40. The predicted molar refractivity (Wildman–Crippen MR) is 81.4 cm³/mol. The molecule has 0 bridgehead atoms. The summed E-state index contributed by atoms with van der Waals surface area (Å²) in [5.74, 6) is 1.40. The van der Waals surface area contributed by atoms with E-state index < -0.39 is 0 Å². The molecule has 0 aliphatic carbocycles. The van der Waals surface area contributed by atoms with Gasteiger partial charge in [-0.05, 0) is 12.5 Å². The van der Waals surface area contributed by atoms with E-state index in [2.05, 4.69) is 56.6 Å². The molecule has 1 aromatic carbocycles. The van der Waals surface area contributed by atoms with Crippen molar-refractivity contribution in [3.8, 4) is 0 Å². The van der Waals surface area contributed by atoms with Crippen LogP contribution in [0.4, 0.5) is 11.8 Å². The second-order valence-electron chi connectivity index (χ2n) is 5.08. The fourth-order valence-corrected chi connectivity index (χ4v) is 2.20. The number of anilines is 2. The van der Waals surface area contributed by atoms with Gasteiger partial charge in [-0.25, -0.2) is 0 Å². The zero-order valence-electron chi connectivity index (χ0n) is 12.1. The largest absolute Gasteiger partial charge is 0.378 e. The van der Waals surface area contributed by atoms with Crippen molar-refractivity contribution in [1.29, 1.82) is 0 Å². The minimum absolute atomic E-state index is 0.555. The van der Waals surface area contributed by atoms with Crippen molar-refractivity contribution in [2.24, 2.45) is 0 Å². The molecule has 1 aromatic heterocycles. The number of nitrogens with zero attached hydrogens (tertiary/aromatic N) is 4. The van der Waals surface area contributed by atoms with Crippen LogP contribution in [-0.2, 0) is 11.3 Å². The van der Waals surface area contributed by atoms with E-state index in [1.807, 2.05) is 0 Å². The quantitative estimate of drug-likeness (QED) is 0.921. The van der Waals surface area contributed by atoms with Gasteiger partial charge in [0.15, 0.2) is 5.82 Å². The van der Waals surface area contributed by atoms with Crippen molar-refractivity contribution in [2.75, 3.05) is 36.5 Å². The Labute approximate surface area is 124 Å². The minimum atomic E-state index is 0.555. The number of hydrogen-bond acceptors (Lipinski definition) is 6. The molecule has 0 saturated carbocycles. The van der Waals surface area contributed by atoms with Crippen molar-refractivity contribution in [3.05, 3.63) is 41.6 Å². The summed E-state index contributed by atoms with van der Waals surface area (Å²) >= 11 is 0. The Morgan fingerprint density at radius 3 is 2.71 bits per heavy atom. The standard InChI is InChI=1S/C15H19N5O/c1-12-2-4-13(5-3-12)10-16-15-18-14(11-17-19-15)20-6-8-21-9-7-20/h2-5,11H,6-10H2,1H3,(H,16,18,19). The first kappa shape index (κ1) is 13.8. The molecule has 6 nitrogen and oxygen atoms in total. The van der Waals surface area contributed by atoms with Crippen LogP contribution in [0, 0.1) is 6.92 Å². The van der Waals surface area contributed by atoms with E-state index in [1.54, 1.807) is 6.20 Å². The Morgan fingerprint density at radius 2 is 1.95 bits per heavy atom. The molecule has 1 fully saturated rings. The van der Waals surface area contributed by atoms with Crippen molar-refractivity contribution >= 4 is 11.8 Å². The van der Waals surface area contributed by atoms with Crippen LogP contribution in [0.5, 0.6) is 0 Å². The molecule has 0 unspecified atom stereocenters. The van der Waals surface area contributed by atoms with Gasteiger partial charge in [0, 0.05) is 19.6 Å². The van der Waals surface area contributed by atoms with E-state index >= 15 is 0 Å². The summed E-state index contributed by atoms with van der Waals surface area (Å²) in [6.07, 6.45) is 1.70. The number of rotatable bonds is 4. The molecule has 110 valence electrons. The second-order valence-corrected chi connectivity index (χ2v) is 5.08. The van der Waals surface area contributed by atoms with Crippen LogP contribution in [0.1, 0.15) is 11.1 Å². The summed E-state index contributed by atoms with van der Waals surface area (Å²) in [5, 5.41) is 11.3. The van der Waals surface area contributed by atoms with Gasteiger partial charge in [-0.2, -0.15) is 10.1 Å². The van der Waals surface area contributed by atoms with E-state index in [0.717, 1.165) is 32.1 Å². The minimum Gasteiger partial charge on any atom is -0.378 e. The molecular weight excluding hydrogens is 266 g/mol. The van der Waals surface area contributed by atoms with Crippen LogP contribution < -0.4 is 10.2 Å². The molecule has 1 saturated heterocycles. The van der Waals surface area contributed by atoms with Crippen molar-refractivity contribution in [3.63, 3.8) is 0 Å². The van der Waals surface area contributed by atoms with Gasteiger partial charge in [0.25, 0.3) is 0 Å².